The Morgan fingerprint density at radius 1 is 1.19 bits per heavy atom. The molecular formula is C20H33ClN2O3. The summed E-state index contributed by atoms with van der Waals surface area (Å²) in [5.41, 5.74) is 0.681. The number of halogens is 1. The van der Waals surface area contributed by atoms with Crippen LogP contribution in [-0.2, 0) is 0 Å². The molecule has 0 spiro atoms. The van der Waals surface area contributed by atoms with Gasteiger partial charge in [0.25, 0.3) is 5.91 Å². The van der Waals surface area contributed by atoms with Gasteiger partial charge in [-0.1, -0.05) is 6.92 Å². The molecule has 148 valence electrons. The lowest BCUT2D eigenvalue weighted by atomic mass is 9.93. The molecule has 0 radical (unpaired) electrons. The number of nitrogens with one attached hydrogen (secondary N) is 1. The molecule has 0 unspecified atom stereocenters. The number of amides is 1. The summed E-state index contributed by atoms with van der Waals surface area (Å²) in [6.45, 7) is 7.93. The van der Waals surface area contributed by atoms with E-state index < -0.39 is 0 Å². The van der Waals surface area contributed by atoms with Crippen LogP contribution in [0.4, 0.5) is 0 Å². The number of hydrogen-bond acceptors (Lipinski definition) is 4. The van der Waals surface area contributed by atoms with Crippen molar-refractivity contribution in [1.29, 1.82) is 0 Å². The average molecular weight is 385 g/mol. The van der Waals surface area contributed by atoms with Crippen LogP contribution in [0.2, 0.25) is 0 Å². The van der Waals surface area contributed by atoms with Gasteiger partial charge in [-0.3, -0.25) is 4.79 Å². The molecule has 1 fully saturated rings. The molecule has 1 heterocycles. The number of likely N-dealkylation sites (tertiary alicyclic amines) is 1. The molecule has 0 bridgehead atoms. The molecule has 0 atom stereocenters. The third kappa shape index (κ3) is 6.36. The summed E-state index contributed by atoms with van der Waals surface area (Å²) in [6.07, 6.45) is 4.30. The molecule has 0 saturated carbocycles. The van der Waals surface area contributed by atoms with Crippen molar-refractivity contribution in [3.8, 4) is 11.5 Å². The Labute approximate surface area is 163 Å². The van der Waals surface area contributed by atoms with Gasteiger partial charge < -0.3 is 19.7 Å². The predicted octanol–water partition coefficient (Wildman–Crippen LogP) is 3.76. The molecule has 1 aliphatic heterocycles. The highest BCUT2D eigenvalue weighted by atomic mass is 35.5. The maximum Gasteiger partial charge on any atom is 0.253 e. The molecule has 1 N–H and O–H groups in total. The smallest absolute Gasteiger partial charge is 0.253 e. The Morgan fingerprint density at radius 2 is 1.92 bits per heavy atom. The lowest BCUT2D eigenvalue weighted by Crippen LogP contribution is -2.39. The van der Waals surface area contributed by atoms with E-state index >= 15 is 0 Å². The van der Waals surface area contributed by atoms with Gasteiger partial charge in [0.15, 0.2) is 11.5 Å². The predicted molar refractivity (Wildman–Crippen MR) is 108 cm³/mol. The highest BCUT2D eigenvalue weighted by molar-refractivity contribution is 5.95. The van der Waals surface area contributed by atoms with Gasteiger partial charge in [-0.25, -0.2) is 0 Å². The first-order chi connectivity index (χ1) is 12.2. The largest absolute Gasteiger partial charge is 0.490 e. The molecule has 26 heavy (non-hydrogen) atoms. The molecule has 6 heteroatoms. The molecule has 5 nitrogen and oxygen atoms in total. The van der Waals surface area contributed by atoms with E-state index in [0.717, 1.165) is 44.8 Å². The summed E-state index contributed by atoms with van der Waals surface area (Å²) in [5.74, 6) is 2.19. The van der Waals surface area contributed by atoms with Crippen molar-refractivity contribution in [2.45, 2.75) is 39.5 Å². The van der Waals surface area contributed by atoms with Gasteiger partial charge >= 0.3 is 0 Å². The monoisotopic (exact) mass is 384 g/mol. The van der Waals surface area contributed by atoms with Crippen LogP contribution in [0.15, 0.2) is 18.2 Å². The van der Waals surface area contributed by atoms with Crippen LogP contribution in [0.1, 0.15) is 49.9 Å². The van der Waals surface area contributed by atoms with Crippen molar-refractivity contribution in [2.75, 3.05) is 39.9 Å². The van der Waals surface area contributed by atoms with Gasteiger partial charge in [0.1, 0.15) is 0 Å². The van der Waals surface area contributed by atoms with Gasteiger partial charge in [-0.05, 0) is 70.3 Å². The zero-order valence-corrected chi connectivity index (χ0v) is 17.1. The molecular weight excluding hydrogens is 352 g/mol. The highest BCUT2D eigenvalue weighted by Gasteiger charge is 2.24. The van der Waals surface area contributed by atoms with Gasteiger partial charge in [0, 0.05) is 18.7 Å². The van der Waals surface area contributed by atoms with Crippen LogP contribution < -0.4 is 14.8 Å². The van der Waals surface area contributed by atoms with Crippen LogP contribution in [0.5, 0.6) is 11.5 Å². The molecule has 2 rings (SSSR count). The topological polar surface area (TPSA) is 50.8 Å². The molecule has 1 saturated heterocycles. The van der Waals surface area contributed by atoms with E-state index in [2.05, 4.69) is 12.2 Å². The summed E-state index contributed by atoms with van der Waals surface area (Å²) in [5, 5.41) is 3.21. The second-order valence-electron chi connectivity index (χ2n) is 6.57. The fourth-order valence-corrected chi connectivity index (χ4v) is 3.20. The van der Waals surface area contributed by atoms with E-state index in [1.165, 1.54) is 6.42 Å². The zero-order chi connectivity index (χ0) is 18.1. The summed E-state index contributed by atoms with van der Waals surface area (Å²) in [7, 11) is 1.99. The fraction of sp³-hybridized carbons (Fsp3) is 0.650. The minimum Gasteiger partial charge on any atom is -0.490 e. The second-order valence-corrected chi connectivity index (χ2v) is 6.57. The Balaban J connectivity index is 0.00000338. The second kappa shape index (κ2) is 12.0. The van der Waals surface area contributed by atoms with Crippen molar-refractivity contribution in [2.24, 2.45) is 5.92 Å². The number of piperidine rings is 1. The number of ether oxygens (including phenoxy) is 2. The van der Waals surface area contributed by atoms with Crippen LogP contribution in [0.25, 0.3) is 0 Å². The molecule has 1 aromatic rings. The third-order valence-corrected chi connectivity index (χ3v) is 4.66. The maximum absolute atomic E-state index is 12.8. The van der Waals surface area contributed by atoms with Crippen molar-refractivity contribution >= 4 is 18.3 Å². The number of carbonyl (C=O) groups excluding carboxylic acids is 1. The molecule has 1 amide bonds. The number of hydrogen-bond donors (Lipinski definition) is 1. The Hall–Kier alpha value is -1.46. The minimum absolute atomic E-state index is 0. The van der Waals surface area contributed by atoms with Crippen LogP contribution in [0, 0.1) is 5.92 Å². The first kappa shape index (κ1) is 22.6. The number of carbonyl (C=O) groups is 1. The van der Waals surface area contributed by atoms with E-state index in [4.69, 9.17) is 9.47 Å². The number of nitrogens with zero attached hydrogens (tertiary/aromatic N) is 1. The summed E-state index contributed by atoms with van der Waals surface area (Å²) >= 11 is 0. The van der Waals surface area contributed by atoms with Crippen molar-refractivity contribution < 1.29 is 14.3 Å². The van der Waals surface area contributed by atoms with Gasteiger partial charge in [0.05, 0.1) is 13.2 Å². The Bertz CT molecular complexity index is 546. The normalized spacial score (nSPS) is 14.7. The minimum atomic E-state index is 0. The zero-order valence-electron chi connectivity index (χ0n) is 16.3. The first-order valence-electron chi connectivity index (χ1n) is 9.53. The Kier molecular flexibility index (Phi) is 10.4. The van der Waals surface area contributed by atoms with Crippen molar-refractivity contribution in [3.05, 3.63) is 23.8 Å². The average Bonchev–Trinajstić information content (AvgIpc) is 2.65. The van der Waals surface area contributed by atoms with Crippen LogP contribution in [-0.4, -0.2) is 50.7 Å². The van der Waals surface area contributed by atoms with Gasteiger partial charge in [0.2, 0.25) is 0 Å². The molecule has 1 aliphatic rings. The standard InChI is InChI=1S/C20H32N2O3.ClH/c1-4-14-25-18-7-6-17(15-19(18)24-5-2)20(23)22-12-9-16(10-13-22)8-11-21-3;/h6-7,15-16,21H,4-5,8-14H2,1-3H3;1H. The van der Waals surface area contributed by atoms with E-state index in [1.54, 1.807) is 0 Å². The van der Waals surface area contributed by atoms with Crippen LogP contribution >= 0.6 is 12.4 Å². The molecule has 1 aromatic carbocycles. The van der Waals surface area contributed by atoms with E-state index in [9.17, 15) is 4.79 Å². The summed E-state index contributed by atoms with van der Waals surface area (Å²) in [6, 6.07) is 5.53. The maximum atomic E-state index is 12.8. The third-order valence-electron chi connectivity index (χ3n) is 4.66. The lowest BCUT2D eigenvalue weighted by Gasteiger charge is -2.32. The van der Waals surface area contributed by atoms with Crippen LogP contribution in [0.3, 0.4) is 0 Å². The van der Waals surface area contributed by atoms with E-state index in [-0.39, 0.29) is 18.3 Å². The lowest BCUT2D eigenvalue weighted by molar-refractivity contribution is 0.0686. The first-order valence-corrected chi connectivity index (χ1v) is 9.53. The SMILES string of the molecule is CCCOc1ccc(C(=O)N2CCC(CCNC)CC2)cc1OCC.Cl. The Morgan fingerprint density at radius 3 is 2.54 bits per heavy atom. The number of benzene rings is 1. The quantitative estimate of drug-likeness (QED) is 0.704. The van der Waals surface area contributed by atoms with E-state index in [1.807, 2.05) is 37.1 Å². The summed E-state index contributed by atoms with van der Waals surface area (Å²) in [4.78, 5) is 14.8. The number of rotatable bonds is 9. The molecule has 0 aromatic heterocycles. The van der Waals surface area contributed by atoms with Gasteiger partial charge in [-0.2, -0.15) is 0 Å². The van der Waals surface area contributed by atoms with Crippen molar-refractivity contribution in [3.63, 3.8) is 0 Å². The highest BCUT2D eigenvalue weighted by Crippen LogP contribution is 2.30. The van der Waals surface area contributed by atoms with Crippen molar-refractivity contribution in [1.82, 2.24) is 10.2 Å². The molecule has 0 aliphatic carbocycles. The van der Waals surface area contributed by atoms with Gasteiger partial charge in [-0.15, -0.1) is 12.4 Å². The van der Waals surface area contributed by atoms with E-state index in [0.29, 0.717) is 30.3 Å². The summed E-state index contributed by atoms with van der Waals surface area (Å²) < 4.78 is 11.4. The fourth-order valence-electron chi connectivity index (χ4n) is 3.20.